The zero-order chi connectivity index (χ0) is 17.1. The third-order valence-corrected chi connectivity index (χ3v) is 6.08. The van der Waals surface area contributed by atoms with Crippen LogP contribution in [0.3, 0.4) is 0 Å². The number of hydrogen-bond acceptors (Lipinski definition) is 5. The number of rotatable bonds is 4. The van der Waals surface area contributed by atoms with Crippen LogP contribution in [-0.2, 0) is 6.42 Å². The molecular formula is C20H24N4S. The van der Waals surface area contributed by atoms with Crippen LogP contribution in [0.5, 0.6) is 0 Å². The molecule has 4 nitrogen and oxygen atoms in total. The molecule has 3 heterocycles. The summed E-state index contributed by atoms with van der Waals surface area (Å²) in [5, 5.41) is 4.91. The fourth-order valence-electron chi connectivity index (χ4n) is 3.50. The van der Waals surface area contributed by atoms with E-state index in [2.05, 4.69) is 23.3 Å². The van der Waals surface area contributed by atoms with Crippen LogP contribution in [0.15, 0.2) is 30.6 Å². The van der Waals surface area contributed by atoms with E-state index >= 15 is 0 Å². The molecule has 1 N–H and O–H groups in total. The predicted molar refractivity (Wildman–Crippen MR) is 105 cm³/mol. The fraction of sp³-hybridized carbons (Fsp3) is 0.450. The molecule has 5 heteroatoms. The summed E-state index contributed by atoms with van der Waals surface area (Å²) in [6.45, 7) is 2.19. The third-order valence-electron chi connectivity index (χ3n) is 4.91. The monoisotopic (exact) mass is 352 g/mol. The average Bonchev–Trinajstić information content (AvgIpc) is 2.91. The number of nitrogens with zero attached hydrogens (tertiary/aromatic N) is 3. The Morgan fingerprint density at radius 2 is 2.00 bits per heavy atom. The predicted octanol–water partition coefficient (Wildman–Crippen LogP) is 5.45. The maximum atomic E-state index is 4.89. The molecule has 130 valence electrons. The molecule has 1 aliphatic rings. The van der Waals surface area contributed by atoms with Gasteiger partial charge < -0.3 is 5.32 Å². The largest absolute Gasteiger partial charge is 0.367 e. The summed E-state index contributed by atoms with van der Waals surface area (Å²) in [7, 11) is 0. The van der Waals surface area contributed by atoms with Gasteiger partial charge in [-0.25, -0.2) is 9.97 Å². The Morgan fingerprint density at radius 1 is 1.16 bits per heavy atom. The van der Waals surface area contributed by atoms with Gasteiger partial charge >= 0.3 is 0 Å². The second kappa shape index (κ2) is 7.48. The van der Waals surface area contributed by atoms with Crippen molar-refractivity contribution in [2.24, 2.45) is 0 Å². The van der Waals surface area contributed by atoms with Crippen LogP contribution in [0.4, 0.5) is 5.82 Å². The molecule has 1 saturated carbocycles. The van der Waals surface area contributed by atoms with Crippen LogP contribution < -0.4 is 5.32 Å². The van der Waals surface area contributed by atoms with Crippen molar-refractivity contribution < 1.29 is 0 Å². The first-order valence-corrected chi connectivity index (χ1v) is 10.1. The SMILES string of the molecule is CCc1cc2c(NC3CCCCCC3)nc(-c3cccnc3)nc2s1. The molecule has 0 atom stereocenters. The Kier molecular flexibility index (Phi) is 4.92. The number of aryl methyl sites for hydroxylation is 1. The van der Waals surface area contributed by atoms with E-state index in [1.165, 1.54) is 48.8 Å². The number of thiophene rings is 1. The van der Waals surface area contributed by atoms with Gasteiger partial charge in [0.1, 0.15) is 10.6 Å². The number of aromatic nitrogens is 3. The lowest BCUT2D eigenvalue weighted by molar-refractivity contribution is 0.618. The number of fused-ring (bicyclic) bond motifs is 1. The molecule has 0 bridgehead atoms. The minimum absolute atomic E-state index is 0.521. The van der Waals surface area contributed by atoms with Crippen LogP contribution >= 0.6 is 11.3 Å². The highest BCUT2D eigenvalue weighted by Gasteiger charge is 2.17. The molecule has 3 aromatic rings. The van der Waals surface area contributed by atoms with E-state index in [0.29, 0.717) is 6.04 Å². The van der Waals surface area contributed by atoms with E-state index in [-0.39, 0.29) is 0 Å². The van der Waals surface area contributed by atoms with Gasteiger partial charge in [-0.2, -0.15) is 0 Å². The van der Waals surface area contributed by atoms with Crippen LogP contribution in [0, 0.1) is 0 Å². The minimum Gasteiger partial charge on any atom is -0.367 e. The van der Waals surface area contributed by atoms with Crippen molar-refractivity contribution in [1.82, 2.24) is 15.0 Å². The van der Waals surface area contributed by atoms with Crippen LogP contribution in [0.2, 0.25) is 0 Å². The molecule has 1 aliphatic carbocycles. The summed E-state index contributed by atoms with van der Waals surface area (Å²) < 4.78 is 0. The molecular weight excluding hydrogens is 328 g/mol. The van der Waals surface area contributed by atoms with Crippen LogP contribution in [-0.4, -0.2) is 21.0 Å². The highest BCUT2D eigenvalue weighted by atomic mass is 32.1. The lowest BCUT2D eigenvalue weighted by Crippen LogP contribution is -2.19. The molecule has 0 saturated heterocycles. The van der Waals surface area contributed by atoms with E-state index < -0.39 is 0 Å². The molecule has 0 radical (unpaired) electrons. The lowest BCUT2D eigenvalue weighted by atomic mass is 10.1. The minimum atomic E-state index is 0.521. The van der Waals surface area contributed by atoms with Crippen LogP contribution in [0.25, 0.3) is 21.6 Å². The summed E-state index contributed by atoms with van der Waals surface area (Å²) in [4.78, 5) is 16.4. The summed E-state index contributed by atoms with van der Waals surface area (Å²) in [6, 6.07) is 6.74. The van der Waals surface area contributed by atoms with Gasteiger partial charge in [0.25, 0.3) is 0 Å². The molecule has 25 heavy (non-hydrogen) atoms. The van der Waals surface area contributed by atoms with Gasteiger partial charge in [0.15, 0.2) is 5.82 Å². The Balaban J connectivity index is 1.75. The number of hydrogen-bond donors (Lipinski definition) is 1. The normalized spacial score (nSPS) is 16.0. The molecule has 3 aromatic heterocycles. The highest BCUT2D eigenvalue weighted by molar-refractivity contribution is 7.18. The fourth-order valence-corrected chi connectivity index (χ4v) is 4.46. The van der Waals surface area contributed by atoms with Crippen molar-refractivity contribution in [3.8, 4) is 11.4 Å². The Hall–Kier alpha value is -2.01. The summed E-state index contributed by atoms with van der Waals surface area (Å²) in [5.41, 5.74) is 0.972. The zero-order valence-corrected chi connectivity index (χ0v) is 15.5. The van der Waals surface area contributed by atoms with E-state index in [1.807, 2.05) is 18.3 Å². The van der Waals surface area contributed by atoms with Gasteiger partial charge in [0, 0.05) is 28.9 Å². The zero-order valence-electron chi connectivity index (χ0n) is 14.7. The molecule has 4 rings (SSSR count). The van der Waals surface area contributed by atoms with Gasteiger partial charge in [-0.3, -0.25) is 4.98 Å². The van der Waals surface area contributed by atoms with Gasteiger partial charge in [-0.05, 0) is 37.5 Å². The molecule has 0 aliphatic heterocycles. The Morgan fingerprint density at radius 3 is 2.72 bits per heavy atom. The van der Waals surface area contributed by atoms with E-state index in [4.69, 9.17) is 9.97 Å². The third kappa shape index (κ3) is 3.66. The Bertz CT molecular complexity index is 836. The maximum absolute atomic E-state index is 4.89. The Labute approximate surface area is 152 Å². The lowest BCUT2D eigenvalue weighted by Gasteiger charge is -2.18. The first kappa shape index (κ1) is 16.5. The molecule has 0 unspecified atom stereocenters. The van der Waals surface area contributed by atoms with E-state index in [9.17, 15) is 0 Å². The topological polar surface area (TPSA) is 50.7 Å². The standard InChI is InChI=1S/C20H24N4S/c1-2-16-12-17-19(22-15-9-5-3-4-6-10-15)23-18(24-20(17)25-16)14-8-7-11-21-13-14/h7-8,11-13,15H,2-6,9-10H2,1H3,(H,22,23,24). The highest BCUT2D eigenvalue weighted by Crippen LogP contribution is 2.33. The van der Waals surface area contributed by atoms with Crippen molar-refractivity contribution >= 4 is 27.4 Å². The molecule has 0 spiro atoms. The number of anilines is 1. The van der Waals surface area contributed by atoms with E-state index in [1.54, 1.807) is 17.5 Å². The van der Waals surface area contributed by atoms with Crippen molar-refractivity contribution in [1.29, 1.82) is 0 Å². The smallest absolute Gasteiger partial charge is 0.164 e. The van der Waals surface area contributed by atoms with Gasteiger partial charge in [0.05, 0.1) is 5.39 Å². The molecule has 0 aromatic carbocycles. The van der Waals surface area contributed by atoms with Crippen LogP contribution in [0.1, 0.15) is 50.3 Å². The quantitative estimate of drug-likeness (QED) is 0.634. The number of pyridine rings is 1. The maximum Gasteiger partial charge on any atom is 0.164 e. The molecule has 1 fully saturated rings. The second-order valence-electron chi connectivity index (χ2n) is 6.76. The van der Waals surface area contributed by atoms with E-state index in [0.717, 1.165) is 28.5 Å². The first-order valence-electron chi connectivity index (χ1n) is 9.31. The molecule has 0 amide bonds. The summed E-state index contributed by atoms with van der Waals surface area (Å²) in [6.07, 6.45) is 12.5. The van der Waals surface area contributed by atoms with Crippen molar-refractivity contribution in [3.05, 3.63) is 35.5 Å². The first-order chi connectivity index (χ1) is 12.3. The summed E-state index contributed by atoms with van der Waals surface area (Å²) in [5.74, 6) is 1.76. The van der Waals surface area contributed by atoms with Crippen molar-refractivity contribution in [2.45, 2.75) is 57.9 Å². The summed E-state index contributed by atoms with van der Waals surface area (Å²) >= 11 is 1.77. The second-order valence-corrected chi connectivity index (χ2v) is 7.87. The van der Waals surface area contributed by atoms with Crippen molar-refractivity contribution in [3.63, 3.8) is 0 Å². The average molecular weight is 353 g/mol. The van der Waals surface area contributed by atoms with Gasteiger partial charge in [0.2, 0.25) is 0 Å². The number of nitrogens with one attached hydrogen (secondary N) is 1. The van der Waals surface area contributed by atoms with Crippen molar-refractivity contribution in [2.75, 3.05) is 5.32 Å². The van der Waals surface area contributed by atoms with Gasteiger partial charge in [-0.15, -0.1) is 11.3 Å². The van der Waals surface area contributed by atoms with Gasteiger partial charge in [-0.1, -0.05) is 32.6 Å².